The number of allylic oxidation sites excluding steroid dienone is 1. The van der Waals surface area contributed by atoms with E-state index in [1.165, 1.54) is 34.5 Å². The maximum Gasteiger partial charge on any atom is 0.356 e. The van der Waals surface area contributed by atoms with Gasteiger partial charge in [-0.1, -0.05) is 65.8 Å². The van der Waals surface area contributed by atoms with Crippen LogP contribution in [0.15, 0.2) is 88.6 Å². The second kappa shape index (κ2) is 14.9. The van der Waals surface area contributed by atoms with Gasteiger partial charge in [-0.15, -0.1) is 23.5 Å². The molecule has 2 aromatic carbocycles. The summed E-state index contributed by atoms with van der Waals surface area (Å²) in [6, 6.07) is 19.7. The van der Waals surface area contributed by atoms with Gasteiger partial charge < -0.3 is 20.6 Å². The summed E-state index contributed by atoms with van der Waals surface area (Å²) in [4.78, 5) is 51.4. The zero-order chi connectivity index (χ0) is 31.8. The fourth-order valence-electron chi connectivity index (χ4n) is 4.61. The van der Waals surface area contributed by atoms with Crippen LogP contribution in [0.3, 0.4) is 0 Å². The van der Waals surface area contributed by atoms with E-state index in [-0.39, 0.29) is 29.0 Å². The number of anilines is 1. The van der Waals surface area contributed by atoms with E-state index in [4.69, 9.17) is 20.6 Å². The minimum Gasteiger partial charge on any atom is -0.448 e. The first-order chi connectivity index (χ1) is 21.9. The van der Waals surface area contributed by atoms with Gasteiger partial charge in [-0.25, -0.2) is 4.79 Å². The zero-order valence-electron chi connectivity index (χ0n) is 23.9. The summed E-state index contributed by atoms with van der Waals surface area (Å²) in [5.74, 6) is -1.15. The van der Waals surface area contributed by atoms with Crippen molar-refractivity contribution < 1.29 is 24.0 Å². The van der Waals surface area contributed by atoms with Gasteiger partial charge in [0.05, 0.1) is 6.07 Å². The van der Waals surface area contributed by atoms with Gasteiger partial charge in [-0.3, -0.25) is 14.5 Å². The van der Waals surface area contributed by atoms with Gasteiger partial charge in [-0.2, -0.15) is 14.6 Å². The molecule has 2 unspecified atom stereocenters. The standard InChI is InChI=1S/C30H27N7O5S3/c1-2-41-35-21(25-34-30(32)45-36-25)26(38)33-22-27(39)37-23(20(17-44-28(22)37)16-43-15-9-14-31)29(40)42-24(18-10-5-3-6-11-18)19-12-7-4-8-13-19/h3-13,15,22,24,28H,2,16-17H2,1H3,(H,33,38)(H2,32,34,36)/b15-9-,35-21+. The van der Waals surface area contributed by atoms with Gasteiger partial charge in [0.15, 0.2) is 11.2 Å². The normalized spacial score (nSPS) is 17.9. The molecule has 0 bridgehead atoms. The van der Waals surface area contributed by atoms with Crippen LogP contribution < -0.4 is 11.1 Å². The molecule has 0 aliphatic carbocycles. The molecule has 3 heterocycles. The largest absolute Gasteiger partial charge is 0.448 e. The Morgan fingerprint density at radius 2 is 1.91 bits per heavy atom. The van der Waals surface area contributed by atoms with Gasteiger partial charge in [0.1, 0.15) is 23.7 Å². The van der Waals surface area contributed by atoms with Crippen molar-refractivity contribution >= 4 is 63.7 Å². The fraction of sp³-hybridized carbons (Fsp3) is 0.233. The zero-order valence-corrected chi connectivity index (χ0v) is 26.3. The number of oxime groups is 1. The van der Waals surface area contributed by atoms with E-state index in [1.807, 2.05) is 66.7 Å². The molecule has 0 spiro atoms. The van der Waals surface area contributed by atoms with Crippen LogP contribution >= 0.6 is 35.1 Å². The number of amides is 2. The molecule has 3 N–H and O–H groups in total. The molecule has 230 valence electrons. The minimum absolute atomic E-state index is 0.0230. The van der Waals surface area contributed by atoms with Gasteiger partial charge >= 0.3 is 5.97 Å². The number of nitrogen functional groups attached to an aromatic ring is 1. The van der Waals surface area contributed by atoms with Crippen LogP contribution in [0.2, 0.25) is 0 Å². The number of carbonyl (C=O) groups is 3. The quantitative estimate of drug-likeness (QED) is 0.0954. The number of benzene rings is 2. The van der Waals surface area contributed by atoms with Crippen LogP contribution in [0.5, 0.6) is 0 Å². The highest BCUT2D eigenvalue weighted by Crippen LogP contribution is 2.42. The molecule has 5 rings (SSSR count). The van der Waals surface area contributed by atoms with Crippen molar-refractivity contribution in [2.75, 3.05) is 23.8 Å². The molecule has 2 atom stereocenters. The van der Waals surface area contributed by atoms with E-state index >= 15 is 0 Å². The van der Waals surface area contributed by atoms with Crippen molar-refractivity contribution in [3.05, 3.63) is 100 Å². The third kappa shape index (κ3) is 7.19. The van der Waals surface area contributed by atoms with Crippen molar-refractivity contribution in [1.29, 1.82) is 5.26 Å². The molecule has 2 aliphatic heterocycles. The number of fused-ring (bicyclic) bond motifs is 1. The number of hydrogen-bond donors (Lipinski definition) is 2. The Hall–Kier alpha value is -4.65. The molecule has 1 aromatic heterocycles. The van der Waals surface area contributed by atoms with Crippen LogP contribution in [-0.4, -0.2) is 67.3 Å². The number of hydrogen-bond acceptors (Lipinski definition) is 13. The SMILES string of the molecule is CCO/N=C(/C(=O)NC1C(=O)N2C(C(=O)OC(c3ccccc3)c3ccccc3)=C(CS/C=C\C#N)CSC12)c1nsc(N)n1. The number of aromatic nitrogens is 2. The van der Waals surface area contributed by atoms with Gasteiger partial charge in [0, 0.05) is 29.1 Å². The number of thioether (sulfide) groups is 2. The number of nitriles is 1. The average molecular weight is 662 g/mol. The number of rotatable bonds is 12. The average Bonchev–Trinajstić information content (AvgIpc) is 3.50. The second-order valence-corrected chi connectivity index (χ2v) is 12.3. The number of nitrogens with two attached hydrogens (primary N) is 1. The number of nitrogens with zero attached hydrogens (tertiary/aromatic N) is 5. The fourth-order valence-corrected chi connectivity index (χ4v) is 7.21. The molecule has 12 nitrogen and oxygen atoms in total. The van der Waals surface area contributed by atoms with Crippen molar-refractivity contribution in [1.82, 2.24) is 19.6 Å². The lowest BCUT2D eigenvalue weighted by atomic mass is 10.0. The Bertz CT molecular complexity index is 1650. The third-order valence-corrected chi connectivity index (χ3v) is 9.33. The van der Waals surface area contributed by atoms with Crippen molar-refractivity contribution in [3.8, 4) is 6.07 Å². The lowest BCUT2D eigenvalue weighted by Gasteiger charge is -2.49. The Labute approximate surface area is 271 Å². The van der Waals surface area contributed by atoms with E-state index in [9.17, 15) is 14.4 Å². The van der Waals surface area contributed by atoms with Crippen molar-refractivity contribution in [2.45, 2.75) is 24.4 Å². The number of carbonyl (C=O) groups excluding carboxylic acids is 3. The summed E-state index contributed by atoms with van der Waals surface area (Å²) in [6.07, 6.45) is 0.616. The lowest BCUT2D eigenvalue weighted by Crippen LogP contribution is -2.71. The molecular weight excluding hydrogens is 635 g/mol. The molecule has 2 amide bonds. The van der Waals surface area contributed by atoms with E-state index in [1.54, 1.807) is 12.3 Å². The van der Waals surface area contributed by atoms with Gasteiger partial charge in [0.25, 0.3) is 11.8 Å². The second-order valence-electron chi connectivity index (χ2n) is 9.48. The predicted molar refractivity (Wildman–Crippen MR) is 173 cm³/mol. The maximum atomic E-state index is 14.0. The van der Waals surface area contributed by atoms with Crippen LogP contribution in [0.1, 0.15) is 30.0 Å². The van der Waals surface area contributed by atoms with E-state index in [0.29, 0.717) is 17.1 Å². The highest BCUT2D eigenvalue weighted by Gasteiger charge is 2.55. The van der Waals surface area contributed by atoms with Gasteiger partial charge in [-0.05, 0) is 29.0 Å². The van der Waals surface area contributed by atoms with Crippen molar-refractivity contribution in [2.24, 2.45) is 5.16 Å². The molecule has 1 fully saturated rings. The first-order valence-electron chi connectivity index (χ1n) is 13.7. The highest BCUT2D eigenvalue weighted by atomic mass is 32.2. The predicted octanol–water partition coefficient (Wildman–Crippen LogP) is 3.62. The summed E-state index contributed by atoms with van der Waals surface area (Å²) in [5.41, 5.74) is 7.81. The molecule has 0 saturated carbocycles. The number of β-lactam (4-membered cyclic amide) rings is 1. The molecule has 45 heavy (non-hydrogen) atoms. The van der Waals surface area contributed by atoms with E-state index in [2.05, 4.69) is 19.8 Å². The van der Waals surface area contributed by atoms with Gasteiger partial charge in [0.2, 0.25) is 11.5 Å². The summed E-state index contributed by atoms with van der Waals surface area (Å²) in [6.45, 7) is 1.89. The van der Waals surface area contributed by atoms with Crippen molar-refractivity contribution in [3.63, 3.8) is 0 Å². The van der Waals surface area contributed by atoms with Crippen LogP contribution in [0.4, 0.5) is 5.13 Å². The van der Waals surface area contributed by atoms with Crippen LogP contribution in [-0.2, 0) is 24.0 Å². The highest BCUT2D eigenvalue weighted by molar-refractivity contribution is 8.02. The first-order valence-corrected chi connectivity index (χ1v) is 16.5. The Kier molecular flexibility index (Phi) is 10.5. The molecular formula is C30H27N7O5S3. The van der Waals surface area contributed by atoms with Crippen LogP contribution in [0, 0.1) is 11.3 Å². The summed E-state index contributed by atoms with van der Waals surface area (Å²) in [7, 11) is 0. The summed E-state index contributed by atoms with van der Waals surface area (Å²) in [5, 5.41) is 16.6. The number of esters is 1. The minimum atomic E-state index is -0.958. The van der Waals surface area contributed by atoms with E-state index in [0.717, 1.165) is 22.7 Å². The molecule has 0 radical (unpaired) electrons. The van der Waals surface area contributed by atoms with E-state index < -0.39 is 35.3 Å². The lowest BCUT2D eigenvalue weighted by molar-refractivity contribution is -0.154. The molecule has 1 saturated heterocycles. The summed E-state index contributed by atoms with van der Waals surface area (Å²) < 4.78 is 10.2. The number of nitrogens with one attached hydrogen (secondary N) is 1. The topological polar surface area (TPSA) is 173 Å². The molecule has 15 heteroatoms. The monoisotopic (exact) mass is 661 g/mol. The third-order valence-electron chi connectivity index (χ3n) is 6.61. The summed E-state index contributed by atoms with van der Waals surface area (Å²) >= 11 is 3.62. The smallest absolute Gasteiger partial charge is 0.356 e. The Morgan fingerprint density at radius 3 is 2.51 bits per heavy atom. The molecule has 3 aromatic rings. The van der Waals surface area contributed by atoms with Crippen LogP contribution in [0.25, 0.3) is 0 Å². The first kappa shape index (κ1) is 31.8. The maximum absolute atomic E-state index is 14.0. The number of ether oxygens (including phenoxy) is 1. The molecule has 2 aliphatic rings. The Balaban J connectivity index is 1.41. The Morgan fingerprint density at radius 1 is 1.22 bits per heavy atom.